The van der Waals surface area contributed by atoms with E-state index in [0.29, 0.717) is 6.04 Å². The first-order valence-electron chi connectivity index (χ1n) is 9.08. The Balaban J connectivity index is 1.48. The van der Waals surface area contributed by atoms with Crippen molar-refractivity contribution in [1.82, 2.24) is 14.5 Å². The van der Waals surface area contributed by atoms with Gasteiger partial charge in [-0.05, 0) is 47.1 Å². The van der Waals surface area contributed by atoms with Gasteiger partial charge < -0.3 is 9.55 Å². The van der Waals surface area contributed by atoms with Gasteiger partial charge in [-0.15, -0.1) is 0 Å². The number of hydrogen-bond donors (Lipinski definition) is 1. The standard InChI is InChI=1S/C22H21N3/c1-2-4-20(3-1)25-15-23-14-22(25)18-8-5-16(6-9-18)19-10-7-17-11-12-24-21(17)13-19/h5-15,20,24H,1-4H2. The van der Waals surface area contributed by atoms with Gasteiger partial charge in [-0.3, -0.25) is 0 Å². The first kappa shape index (κ1) is 14.5. The van der Waals surface area contributed by atoms with Gasteiger partial charge in [-0.25, -0.2) is 4.98 Å². The molecule has 124 valence electrons. The summed E-state index contributed by atoms with van der Waals surface area (Å²) in [6.45, 7) is 0. The first-order valence-corrected chi connectivity index (χ1v) is 9.08. The fraction of sp³-hybridized carbons (Fsp3) is 0.227. The molecule has 0 aliphatic heterocycles. The number of rotatable bonds is 3. The summed E-state index contributed by atoms with van der Waals surface area (Å²) < 4.78 is 2.37. The number of hydrogen-bond acceptors (Lipinski definition) is 1. The van der Waals surface area contributed by atoms with Crippen molar-refractivity contribution in [1.29, 1.82) is 0 Å². The minimum absolute atomic E-state index is 0.618. The first-order chi connectivity index (χ1) is 12.4. The quantitative estimate of drug-likeness (QED) is 0.506. The van der Waals surface area contributed by atoms with E-state index in [-0.39, 0.29) is 0 Å². The molecule has 1 aliphatic rings. The zero-order valence-electron chi connectivity index (χ0n) is 14.2. The summed E-state index contributed by atoms with van der Waals surface area (Å²) in [6, 6.07) is 18.2. The van der Waals surface area contributed by atoms with Crippen molar-refractivity contribution in [3.05, 3.63) is 67.3 Å². The molecule has 2 aromatic heterocycles. The molecule has 3 heteroatoms. The van der Waals surface area contributed by atoms with Gasteiger partial charge in [0, 0.05) is 17.8 Å². The molecule has 5 rings (SSSR count). The molecule has 1 aliphatic carbocycles. The molecule has 0 atom stereocenters. The van der Waals surface area contributed by atoms with E-state index in [0.717, 1.165) is 0 Å². The monoisotopic (exact) mass is 327 g/mol. The SMILES string of the molecule is c1cc2ccc(-c3ccc(-c4cncn4C4CCCC4)cc3)cc2[nH]1. The second kappa shape index (κ2) is 5.92. The highest BCUT2D eigenvalue weighted by molar-refractivity contribution is 5.85. The molecule has 3 nitrogen and oxygen atoms in total. The summed E-state index contributed by atoms with van der Waals surface area (Å²) >= 11 is 0. The normalized spacial score (nSPS) is 15.2. The van der Waals surface area contributed by atoms with Crippen molar-refractivity contribution >= 4 is 10.9 Å². The Morgan fingerprint density at radius 3 is 2.48 bits per heavy atom. The highest BCUT2D eigenvalue weighted by Gasteiger charge is 2.19. The molecule has 0 bridgehead atoms. The third-order valence-corrected chi connectivity index (χ3v) is 5.45. The average molecular weight is 327 g/mol. The number of imidazole rings is 1. The topological polar surface area (TPSA) is 33.6 Å². The zero-order valence-corrected chi connectivity index (χ0v) is 14.2. The maximum atomic E-state index is 4.41. The molecule has 4 aromatic rings. The predicted octanol–water partition coefficient (Wildman–Crippen LogP) is 5.81. The lowest BCUT2D eigenvalue weighted by Crippen LogP contribution is -2.04. The Morgan fingerprint density at radius 2 is 1.64 bits per heavy atom. The van der Waals surface area contributed by atoms with Crippen LogP contribution < -0.4 is 0 Å². The Hall–Kier alpha value is -2.81. The highest BCUT2D eigenvalue weighted by atomic mass is 15.1. The van der Waals surface area contributed by atoms with Crippen LogP contribution in [0.25, 0.3) is 33.3 Å². The smallest absolute Gasteiger partial charge is 0.0953 e. The molecule has 1 saturated carbocycles. The van der Waals surface area contributed by atoms with Crippen LogP contribution in [-0.2, 0) is 0 Å². The van der Waals surface area contributed by atoms with Crippen LogP contribution in [-0.4, -0.2) is 14.5 Å². The van der Waals surface area contributed by atoms with Crippen molar-refractivity contribution in [2.45, 2.75) is 31.7 Å². The van der Waals surface area contributed by atoms with Crippen LogP contribution in [0, 0.1) is 0 Å². The molecule has 0 unspecified atom stereocenters. The number of nitrogens with one attached hydrogen (secondary N) is 1. The molecular weight excluding hydrogens is 306 g/mol. The van der Waals surface area contributed by atoms with Gasteiger partial charge in [0.15, 0.2) is 0 Å². The summed E-state index contributed by atoms with van der Waals surface area (Å²) in [5.74, 6) is 0. The Morgan fingerprint density at radius 1 is 0.880 bits per heavy atom. The van der Waals surface area contributed by atoms with Gasteiger partial charge in [0.2, 0.25) is 0 Å². The maximum Gasteiger partial charge on any atom is 0.0953 e. The fourth-order valence-electron chi connectivity index (χ4n) is 4.06. The zero-order chi connectivity index (χ0) is 16.6. The summed E-state index contributed by atoms with van der Waals surface area (Å²) in [4.78, 5) is 7.70. The molecular formula is C22H21N3. The van der Waals surface area contributed by atoms with Crippen LogP contribution in [0.15, 0.2) is 67.3 Å². The summed E-state index contributed by atoms with van der Waals surface area (Å²) in [6.07, 6.45) is 11.2. The number of aromatic nitrogens is 3. The summed E-state index contributed by atoms with van der Waals surface area (Å²) in [7, 11) is 0. The predicted molar refractivity (Wildman–Crippen MR) is 102 cm³/mol. The molecule has 2 heterocycles. The summed E-state index contributed by atoms with van der Waals surface area (Å²) in [5.41, 5.74) is 6.14. The van der Waals surface area contributed by atoms with Crippen LogP contribution in [0.4, 0.5) is 0 Å². The van der Waals surface area contributed by atoms with Gasteiger partial charge in [-0.1, -0.05) is 49.2 Å². The average Bonchev–Trinajstić information content (AvgIpc) is 3.41. The van der Waals surface area contributed by atoms with Crippen molar-refractivity contribution in [2.75, 3.05) is 0 Å². The molecule has 0 saturated heterocycles. The number of H-pyrrole nitrogens is 1. The van der Waals surface area contributed by atoms with Gasteiger partial charge in [-0.2, -0.15) is 0 Å². The van der Waals surface area contributed by atoms with E-state index < -0.39 is 0 Å². The second-order valence-electron chi connectivity index (χ2n) is 6.98. The number of nitrogens with zero attached hydrogens (tertiary/aromatic N) is 2. The largest absolute Gasteiger partial charge is 0.361 e. The third kappa shape index (κ3) is 2.56. The van der Waals surface area contributed by atoms with E-state index in [2.05, 4.69) is 63.1 Å². The Bertz CT molecular complexity index is 1000. The molecule has 0 spiro atoms. The molecule has 2 aromatic carbocycles. The van der Waals surface area contributed by atoms with Gasteiger partial charge in [0.1, 0.15) is 0 Å². The molecule has 1 N–H and O–H groups in total. The number of aromatic amines is 1. The fourth-order valence-corrected chi connectivity index (χ4v) is 4.06. The third-order valence-electron chi connectivity index (χ3n) is 5.45. The van der Waals surface area contributed by atoms with E-state index >= 15 is 0 Å². The highest BCUT2D eigenvalue weighted by Crippen LogP contribution is 2.34. The minimum Gasteiger partial charge on any atom is -0.361 e. The van der Waals surface area contributed by atoms with Crippen molar-refractivity contribution in [3.63, 3.8) is 0 Å². The van der Waals surface area contributed by atoms with Gasteiger partial charge in [0.05, 0.1) is 18.2 Å². The van der Waals surface area contributed by atoms with Crippen LogP contribution >= 0.6 is 0 Å². The minimum atomic E-state index is 0.618. The van der Waals surface area contributed by atoms with E-state index in [1.165, 1.54) is 59.0 Å². The lowest BCUT2D eigenvalue weighted by atomic mass is 10.0. The van der Waals surface area contributed by atoms with Crippen LogP contribution in [0.2, 0.25) is 0 Å². The lowest BCUT2D eigenvalue weighted by molar-refractivity contribution is 0.523. The van der Waals surface area contributed by atoms with Crippen molar-refractivity contribution in [3.8, 4) is 22.4 Å². The lowest BCUT2D eigenvalue weighted by Gasteiger charge is -2.15. The number of fused-ring (bicyclic) bond motifs is 1. The van der Waals surface area contributed by atoms with Crippen LogP contribution in [0.3, 0.4) is 0 Å². The molecule has 1 fully saturated rings. The summed E-state index contributed by atoms with van der Waals surface area (Å²) in [5, 5.41) is 1.25. The molecule has 0 radical (unpaired) electrons. The number of benzene rings is 2. The Kier molecular flexibility index (Phi) is 3.44. The van der Waals surface area contributed by atoms with E-state index in [1.807, 2.05) is 18.7 Å². The molecule has 25 heavy (non-hydrogen) atoms. The maximum absolute atomic E-state index is 4.41. The van der Waals surface area contributed by atoms with Crippen LogP contribution in [0.5, 0.6) is 0 Å². The van der Waals surface area contributed by atoms with Crippen molar-refractivity contribution in [2.24, 2.45) is 0 Å². The van der Waals surface area contributed by atoms with E-state index in [1.54, 1.807) is 0 Å². The van der Waals surface area contributed by atoms with Crippen molar-refractivity contribution < 1.29 is 0 Å². The van der Waals surface area contributed by atoms with Gasteiger partial charge >= 0.3 is 0 Å². The van der Waals surface area contributed by atoms with E-state index in [4.69, 9.17) is 0 Å². The Labute approximate surface area is 147 Å². The molecule has 0 amide bonds. The second-order valence-corrected chi connectivity index (χ2v) is 6.98. The van der Waals surface area contributed by atoms with Crippen LogP contribution in [0.1, 0.15) is 31.7 Å². The van der Waals surface area contributed by atoms with Gasteiger partial charge in [0.25, 0.3) is 0 Å². The van der Waals surface area contributed by atoms with E-state index in [9.17, 15) is 0 Å².